The Bertz CT molecular complexity index is 677. The molecule has 0 heterocycles. The van der Waals surface area contributed by atoms with Crippen molar-refractivity contribution in [3.05, 3.63) is 0 Å². The van der Waals surface area contributed by atoms with E-state index in [2.05, 4.69) is 5.32 Å². The number of amides is 1. The van der Waals surface area contributed by atoms with Crippen molar-refractivity contribution in [1.29, 1.82) is 0 Å². The molecule has 0 bridgehead atoms. The number of hydrogen-bond acceptors (Lipinski definition) is 14. The summed E-state index contributed by atoms with van der Waals surface area (Å²) in [5, 5.41) is 2.54. The summed E-state index contributed by atoms with van der Waals surface area (Å²) in [5.74, 6) is -1.41. The molecule has 0 rings (SSSR count). The summed E-state index contributed by atoms with van der Waals surface area (Å²) in [6.45, 7) is 6.04. The second kappa shape index (κ2) is 32.0. The zero-order valence-corrected chi connectivity index (χ0v) is 27.9. The summed E-state index contributed by atoms with van der Waals surface area (Å²) in [5.41, 5.74) is 0. The van der Waals surface area contributed by atoms with E-state index in [-0.39, 0.29) is 118 Å². The molecule has 41 heavy (non-hydrogen) atoms. The number of nitrogens with one attached hydrogen (secondary N) is 1. The molecule has 0 aromatic carbocycles. The van der Waals surface area contributed by atoms with Crippen LogP contribution in [0.2, 0.25) is 0 Å². The minimum absolute atomic E-state index is 0. The van der Waals surface area contributed by atoms with Crippen LogP contribution in [-0.2, 0) is 62.1 Å². The van der Waals surface area contributed by atoms with Gasteiger partial charge in [-0.25, -0.2) is 14.6 Å². The van der Waals surface area contributed by atoms with E-state index in [1.165, 1.54) is 0 Å². The second-order valence-corrected chi connectivity index (χ2v) is 7.83. The van der Waals surface area contributed by atoms with Crippen molar-refractivity contribution in [3.63, 3.8) is 0 Å². The molecule has 1 N–H and O–H groups in total. The van der Waals surface area contributed by atoms with Crippen molar-refractivity contribution in [2.75, 3.05) is 92.9 Å². The predicted octanol–water partition coefficient (Wildman–Crippen LogP) is -1.93. The number of esters is 3. The molecule has 16 heteroatoms. The molecule has 1 atom stereocenters. The Labute approximate surface area is 285 Å². The van der Waals surface area contributed by atoms with Crippen LogP contribution in [0.1, 0.15) is 41.0 Å². The first-order chi connectivity index (χ1) is 19.4. The molecule has 0 radical (unpaired) electrons. The van der Waals surface area contributed by atoms with Crippen LogP contribution < -0.4 is 56.7 Å². The molecule has 1 amide bonds. The first kappa shape index (κ1) is 42.2. The van der Waals surface area contributed by atoms with Crippen molar-refractivity contribution < 1.29 is 120 Å². The SMILES string of the molecule is CCC(=O)OC[C@H](COC(=O)CCCOCCOCCNC(=O)OCCOCCOOCCOC)OC(=O)CC.[H-].[K+]. The molecule has 0 aliphatic rings. The molecule has 15 nitrogen and oxygen atoms in total. The predicted molar refractivity (Wildman–Crippen MR) is 138 cm³/mol. The molecule has 236 valence electrons. The molecule has 0 saturated heterocycles. The molecular formula is C25H46KNO14. The van der Waals surface area contributed by atoms with E-state index in [1.807, 2.05) is 0 Å². The van der Waals surface area contributed by atoms with Gasteiger partial charge in [0, 0.05) is 39.5 Å². The van der Waals surface area contributed by atoms with Gasteiger partial charge in [-0.2, -0.15) is 0 Å². The monoisotopic (exact) mass is 623 g/mol. The maximum absolute atomic E-state index is 11.9. The normalized spacial score (nSPS) is 11.2. The summed E-state index contributed by atoms with van der Waals surface area (Å²) in [6, 6.07) is 0. The summed E-state index contributed by atoms with van der Waals surface area (Å²) >= 11 is 0. The number of ether oxygens (including phenoxy) is 8. The Kier molecular flexibility index (Phi) is 32.9. The molecule has 0 aromatic heterocycles. The van der Waals surface area contributed by atoms with Gasteiger partial charge < -0.3 is 44.6 Å². The summed E-state index contributed by atoms with van der Waals surface area (Å²) in [6.07, 6.45) is -0.559. The van der Waals surface area contributed by atoms with Crippen LogP contribution >= 0.6 is 0 Å². The maximum Gasteiger partial charge on any atom is 1.00 e. The molecule has 0 spiro atoms. The van der Waals surface area contributed by atoms with Crippen LogP contribution in [0.3, 0.4) is 0 Å². The van der Waals surface area contributed by atoms with Crippen molar-refractivity contribution in [2.24, 2.45) is 0 Å². The van der Waals surface area contributed by atoms with E-state index >= 15 is 0 Å². The van der Waals surface area contributed by atoms with Crippen LogP contribution in [0.5, 0.6) is 0 Å². The number of methoxy groups -OCH3 is 1. The third-order valence-electron chi connectivity index (χ3n) is 4.52. The van der Waals surface area contributed by atoms with Gasteiger partial charge in [-0.3, -0.25) is 14.4 Å². The van der Waals surface area contributed by atoms with E-state index in [4.69, 9.17) is 47.7 Å². The van der Waals surface area contributed by atoms with Crippen LogP contribution in [0.25, 0.3) is 0 Å². The molecule has 0 fully saturated rings. The molecule has 0 aliphatic carbocycles. The molecule has 0 aliphatic heterocycles. The first-order valence-corrected chi connectivity index (χ1v) is 13.3. The quantitative estimate of drug-likeness (QED) is 0.0268. The topological polar surface area (TPSA) is 173 Å². The Morgan fingerprint density at radius 2 is 1.22 bits per heavy atom. The first-order valence-electron chi connectivity index (χ1n) is 13.3. The van der Waals surface area contributed by atoms with Gasteiger partial charge in [-0.05, 0) is 6.42 Å². The second-order valence-electron chi connectivity index (χ2n) is 7.83. The van der Waals surface area contributed by atoms with E-state index in [0.717, 1.165) is 0 Å². The van der Waals surface area contributed by atoms with Gasteiger partial charge in [-0.15, -0.1) is 0 Å². The fourth-order valence-corrected chi connectivity index (χ4v) is 2.47. The van der Waals surface area contributed by atoms with Gasteiger partial charge in [0.15, 0.2) is 6.10 Å². The average molecular weight is 624 g/mol. The smallest absolute Gasteiger partial charge is 1.00 e. The third kappa shape index (κ3) is 30.3. The van der Waals surface area contributed by atoms with E-state index < -0.39 is 30.1 Å². The Hall–Kier alpha value is -0.924. The molecule has 0 saturated carbocycles. The zero-order chi connectivity index (χ0) is 29.7. The van der Waals surface area contributed by atoms with Gasteiger partial charge in [0.05, 0.1) is 39.6 Å². The minimum Gasteiger partial charge on any atom is -1.00 e. The van der Waals surface area contributed by atoms with Crippen LogP contribution in [-0.4, -0.2) is 123 Å². The van der Waals surface area contributed by atoms with Gasteiger partial charge in [0.25, 0.3) is 0 Å². The van der Waals surface area contributed by atoms with Gasteiger partial charge >= 0.3 is 75.4 Å². The number of hydrogen-bond donors (Lipinski definition) is 1. The van der Waals surface area contributed by atoms with Crippen molar-refractivity contribution in [1.82, 2.24) is 5.32 Å². The number of carbonyl (C=O) groups is 4. The largest absolute Gasteiger partial charge is 1.00 e. The fourth-order valence-electron chi connectivity index (χ4n) is 2.47. The minimum atomic E-state index is -0.853. The third-order valence-corrected chi connectivity index (χ3v) is 4.52. The molecule has 0 aromatic rings. The maximum atomic E-state index is 11.9. The van der Waals surface area contributed by atoms with Crippen LogP contribution in [0, 0.1) is 0 Å². The van der Waals surface area contributed by atoms with E-state index in [9.17, 15) is 19.2 Å². The van der Waals surface area contributed by atoms with Crippen LogP contribution in [0.4, 0.5) is 4.79 Å². The molecular weight excluding hydrogens is 577 g/mol. The van der Waals surface area contributed by atoms with Gasteiger partial charge in [0.2, 0.25) is 0 Å². The number of carbonyl (C=O) groups excluding carboxylic acids is 4. The van der Waals surface area contributed by atoms with Gasteiger partial charge in [0.1, 0.15) is 33.0 Å². The van der Waals surface area contributed by atoms with Crippen molar-refractivity contribution in [2.45, 2.75) is 45.6 Å². The Morgan fingerprint density at radius 3 is 1.88 bits per heavy atom. The average Bonchev–Trinajstić information content (AvgIpc) is 2.95. The Morgan fingerprint density at radius 1 is 0.659 bits per heavy atom. The Balaban J connectivity index is -0.00000760. The zero-order valence-electron chi connectivity index (χ0n) is 25.8. The number of alkyl carbamates (subject to hydrolysis) is 1. The van der Waals surface area contributed by atoms with Crippen LogP contribution in [0.15, 0.2) is 0 Å². The van der Waals surface area contributed by atoms with Crippen molar-refractivity contribution >= 4 is 24.0 Å². The standard InChI is InChI=1S/C25H45NO14.K.H/c1-4-22(27)36-19-21(40-23(28)5-2)20-37-24(29)7-6-9-32-12-13-33-10-8-26-25(30)35-16-14-34-15-18-39-38-17-11-31-3;;/h21H,4-20H2,1-3H3,(H,26,30);;/q;+1;-1/t21-;;/m1../s1. The fraction of sp³-hybridized carbons (Fsp3) is 0.840. The summed E-state index contributed by atoms with van der Waals surface area (Å²) in [7, 11) is 1.56. The summed E-state index contributed by atoms with van der Waals surface area (Å²) in [4.78, 5) is 55.9. The summed E-state index contributed by atoms with van der Waals surface area (Å²) < 4.78 is 40.9. The van der Waals surface area contributed by atoms with E-state index in [1.54, 1.807) is 21.0 Å². The number of rotatable bonds is 27. The van der Waals surface area contributed by atoms with Gasteiger partial charge in [-0.1, -0.05) is 13.8 Å². The van der Waals surface area contributed by atoms with E-state index in [0.29, 0.717) is 46.1 Å². The molecule has 0 unspecified atom stereocenters. The van der Waals surface area contributed by atoms with Crippen molar-refractivity contribution in [3.8, 4) is 0 Å².